The minimum atomic E-state index is -0.931. The van der Waals surface area contributed by atoms with Crippen molar-refractivity contribution in [1.29, 1.82) is 0 Å². The second-order valence-corrected chi connectivity index (χ2v) is 8.30. The minimum Gasteiger partial charge on any atom is -0.478 e. The van der Waals surface area contributed by atoms with Gasteiger partial charge in [0.05, 0.1) is 5.56 Å². The number of aromatic nitrogens is 2. The third-order valence-corrected chi connectivity index (χ3v) is 5.62. The summed E-state index contributed by atoms with van der Waals surface area (Å²) in [5.74, 6) is -0.931. The van der Waals surface area contributed by atoms with Gasteiger partial charge in [-0.05, 0) is 63.0 Å². The summed E-state index contributed by atoms with van der Waals surface area (Å²) in [5, 5.41) is 11.3. The maximum atomic E-state index is 12.0. The molecule has 31 heavy (non-hydrogen) atoms. The maximum absolute atomic E-state index is 12.0. The molecule has 5 nitrogen and oxygen atoms in total. The average Bonchev–Trinajstić information content (AvgIpc) is 3.13. The molecule has 0 radical (unpaired) electrons. The molecule has 0 amide bonds. The second-order valence-electron chi connectivity index (χ2n) is 7.87. The van der Waals surface area contributed by atoms with Gasteiger partial charge in [-0.2, -0.15) is 0 Å². The first-order valence-electron chi connectivity index (χ1n) is 10.2. The maximum Gasteiger partial charge on any atom is 0.336 e. The molecule has 0 saturated carbocycles. The van der Waals surface area contributed by atoms with Gasteiger partial charge in [0.2, 0.25) is 0 Å². The molecule has 0 fully saturated rings. The van der Waals surface area contributed by atoms with Crippen LogP contribution in [0.15, 0.2) is 67.1 Å². The number of hydrogen-bond donors (Lipinski definition) is 1. The lowest BCUT2D eigenvalue weighted by Crippen LogP contribution is -2.14. The van der Waals surface area contributed by atoms with Crippen LogP contribution in [0.1, 0.15) is 16.8 Å². The molecule has 158 valence electrons. The highest BCUT2D eigenvalue weighted by Crippen LogP contribution is 2.35. The van der Waals surface area contributed by atoms with E-state index in [2.05, 4.69) is 34.7 Å². The molecule has 2 aromatic heterocycles. The lowest BCUT2D eigenvalue weighted by atomic mass is 9.99. The van der Waals surface area contributed by atoms with Crippen LogP contribution in [0.2, 0.25) is 5.02 Å². The van der Waals surface area contributed by atoms with Crippen molar-refractivity contribution >= 4 is 28.5 Å². The normalized spacial score (nSPS) is 11.4. The number of rotatable bonds is 7. The summed E-state index contributed by atoms with van der Waals surface area (Å²) in [6, 6.07) is 15.1. The first-order valence-corrected chi connectivity index (χ1v) is 10.5. The fraction of sp³-hybridized carbons (Fsp3) is 0.200. The lowest BCUT2D eigenvalue weighted by Gasteiger charge is -2.10. The van der Waals surface area contributed by atoms with Gasteiger partial charge in [-0.15, -0.1) is 0 Å². The predicted octanol–water partition coefficient (Wildman–Crippen LogP) is 5.67. The Labute approximate surface area is 186 Å². The molecule has 0 aliphatic heterocycles. The van der Waals surface area contributed by atoms with E-state index >= 15 is 0 Å². The number of carbonyl (C=O) groups is 1. The second kappa shape index (κ2) is 8.92. The van der Waals surface area contributed by atoms with Gasteiger partial charge in [0, 0.05) is 57.8 Å². The fourth-order valence-corrected chi connectivity index (χ4v) is 4.01. The van der Waals surface area contributed by atoms with Crippen molar-refractivity contribution in [2.24, 2.45) is 0 Å². The van der Waals surface area contributed by atoms with Gasteiger partial charge in [0.25, 0.3) is 0 Å². The number of hydrogen-bond acceptors (Lipinski definition) is 3. The third kappa shape index (κ3) is 4.48. The van der Waals surface area contributed by atoms with E-state index in [-0.39, 0.29) is 0 Å². The zero-order valence-electron chi connectivity index (χ0n) is 17.5. The Morgan fingerprint density at radius 1 is 1.06 bits per heavy atom. The smallest absolute Gasteiger partial charge is 0.336 e. The molecule has 0 atom stereocenters. The van der Waals surface area contributed by atoms with E-state index < -0.39 is 5.97 Å². The van der Waals surface area contributed by atoms with Gasteiger partial charge < -0.3 is 14.6 Å². The van der Waals surface area contributed by atoms with Crippen molar-refractivity contribution in [3.63, 3.8) is 0 Å². The highest BCUT2D eigenvalue weighted by molar-refractivity contribution is 6.30. The topological polar surface area (TPSA) is 58.4 Å². The molecular weight excluding hydrogens is 410 g/mol. The Kier molecular flexibility index (Phi) is 6.07. The molecule has 0 aliphatic rings. The SMILES string of the molecule is CN(C)CCCn1cc(-c2cncc(-c3ccc(Cl)cc3)c2)c2c(C(=O)O)cccc21. The number of benzene rings is 2. The zero-order valence-corrected chi connectivity index (χ0v) is 18.3. The summed E-state index contributed by atoms with van der Waals surface area (Å²) in [6.45, 7) is 1.77. The van der Waals surface area contributed by atoms with E-state index in [0.29, 0.717) is 10.6 Å². The molecule has 0 saturated heterocycles. The van der Waals surface area contributed by atoms with Crippen LogP contribution in [0.4, 0.5) is 0 Å². The molecule has 2 aromatic carbocycles. The number of aromatic carboxylic acids is 1. The van der Waals surface area contributed by atoms with Crippen LogP contribution in [-0.2, 0) is 6.54 Å². The van der Waals surface area contributed by atoms with Crippen LogP contribution >= 0.6 is 11.6 Å². The van der Waals surface area contributed by atoms with E-state index in [1.807, 2.05) is 36.4 Å². The van der Waals surface area contributed by atoms with Gasteiger partial charge in [-0.1, -0.05) is 29.8 Å². The minimum absolute atomic E-state index is 0.302. The number of pyridine rings is 1. The lowest BCUT2D eigenvalue weighted by molar-refractivity contribution is 0.0699. The Bertz CT molecular complexity index is 1230. The molecule has 0 unspecified atom stereocenters. The Morgan fingerprint density at radius 2 is 1.81 bits per heavy atom. The molecule has 4 rings (SSSR count). The van der Waals surface area contributed by atoms with E-state index in [9.17, 15) is 9.90 Å². The molecule has 6 heteroatoms. The summed E-state index contributed by atoms with van der Waals surface area (Å²) in [6.07, 6.45) is 6.62. The summed E-state index contributed by atoms with van der Waals surface area (Å²) < 4.78 is 2.15. The quantitative estimate of drug-likeness (QED) is 0.407. The van der Waals surface area contributed by atoms with Crippen molar-refractivity contribution in [2.45, 2.75) is 13.0 Å². The van der Waals surface area contributed by atoms with Crippen molar-refractivity contribution < 1.29 is 9.90 Å². The van der Waals surface area contributed by atoms with Crippen LogP contribution in [0, 0.1) is 0 Å². The number of fused-ring (bicyclic) bond motifs is 1. The van der Waals surface area contributed by atoms with Crippen molar-refractivity contribution in [1.82, 2.24) is 14.5 Å². The number of aryl methyl sites for hydroxylation is 1. The Morgan fingerprint density at radius 3 is 2.52 bits per heavy atom. The van der Waals surface area contributed by atoms with E-state index in [0.717, 1.165) is 52.7 Å². The van der Waals surface area contributed by atoms with Gasteiger partial charge >= 0.3 is 5.97 Å². The molecule has 0 bridgehead atoms. The summed E-state index contributed by atoms with van der Waals surface area (Å²) in [5.41, 5.74) is 4.95. The predicted molar refractivity (Wildman–Crippen MR) is 126 cm³/mol. The highest BCUT2D eigenvalue weighted by Gasteiger charge is 2.18. The first-order chi connectivity index (χ1) is 14.9. The number of carboxylic acids is 1. The molecular formula is C25H24ClN3O2. The van der Waals surface area contributed by atoms with Gasteiger partial charge in [-0.3, -0.25) is 4.98 Å². The summed E-state index contributed by atoms with van der Waals surface area (Å²) in [7, 11) is 4.10. The third-order valence-electron chi connectivity index (χ3n) is 5.37. The van der Waals surface area contributed by atoms with Crippen molar-refractivity contribution in [3.05, 3.63) is 77.7 Å². The van der Waals surface area contributed by atoms with Gasteiger partial charge in [-0.25, -0.2) is 4.79 Å². The monoisotopic (exact) mass is 433 g/mol. The summed E-state index contributed by atoms with van der Waals surface area (Å²) in [4.78, 5) is 18.6. The number of nitrogens with zero attached hydrogens (tertiary/aromatic N) is 3. The van der Waals surface area contributed by atoms with Gasteiger partial charge in [0.1, 0.15) is 0 Å². The largest absolute Gasteiger partial charge is 0.478 e. The molecule has 0 spiro atoms. The standard InChI is InChI=1S/C25H24ClN3O2/c1-28(2)11-4-12-29-16-22(24-21(25(30)31)5-3-6-23(24)29)19-13-18(14-27-15-19)17-7-9-20(26)10-8-17/h3,5-10,13-16H,4,11-12H2,1-2H3,(H,30,31). The fourth-order valence-electron chi connectivity index (χ4n) is 3.88. The van der Waals surface area contributed by atoms with Crippen LogP contribution < -0.4 is 0 Å². The van der Waals surface area contributed by atoms with E-state index in [1.165, 1.54) is 0 Å². The summed E-state index contributed by atoms with van der Waals surface area (Å²) >= 11 is 6.03. The molecule has 2 heterocycles. The van der Waals surface area contributed by atoms with Crippen LogP contribution in [0.5, 0.6) is 0 Å². The van der Waals surface area contributed by atoms with Crippen LogP contribution in [0.25, 0.3) is 33.2 Å². The highest BCUT2D eigenvalue weighted by atomic mass is 35.5. The molecule has 4 aromatic rings. The van der Waals surface area contributed by atoms with Crippen molar-refractivity contribution in [3.8, 4) is 22.3 Å². The Balaban J connectivity index is 1.84. The van der Waals surface area contributed by atoms with Gasteiger partial charge in [0.15, 0.2) is 0 Å². The van der Waals surface area contributed by atoms with E-state index in [4.69, 9.17) is 11.6 Å². The number of carboxylic acid groups (broad SMARTS) is 1. The zero-order chi connectivity index (χ0) is 22.0. The first kappa shape index (κ1) is 21.1. The number of halogens is 1. The molecule has 1 N–H and O–H groups in total. The van der Waals surface area contributed by atoms with E-state index in [1.54, 1.807) is 24.5 Å². The average molecular weight is 434 g/mol. The van der Waals surface area contributed by atoms with Crippen LogP contribution in [-0.4, -0.2) is 46.2 Å². The Hall–Kier alpha value is -3.15. The van der Waals surface area contributed by atoms with Crippen molar-refractivity contribution in [2.75, 3.05) is 20.6 Å². The molecule has 0 aliphatic carbocycles. The van der Waals surface area contributed by atoms with Crippen LogP contribution in [0.3, 0.4) is 0 Å².